The van der Waals surface area contributed by atoms with Crippen LogP contribution in [0.3, 0.4) is 0 Å². The highest BCUT2D eigenvalue weighted by molar-refractivity contribution is 7.07. The minimum absolute atomic E-state index is 0.525. The Bertz CT molecular complexity index is 456. The summed E-state index contributed by atoms with van der Waals surface area (Å²) < 4.78 is 15.8. The number of ether oxygens (including phenoxy) is 3. The Hall–Kier alpha value is -1.75. The van der Waals surface area contributed by atoms with Crippen LogP contribution < -0.4 is 14.2 Å². The fourth-order valence-electron chi connectivity index (χ4n) is 1.22. The third-order valence-electron chi connectivity index (χ3n) is 1.95. The van der Waals surface area contributed by atoms with Gasteiger partial charge in [0.1, 0.15) is 5.75 Å². The van der Waals surface area contributed by atoms with E-state index in [1.807, 2.05) is 0 Å². The predicted octanol–water partition coefficient (Wildman–Crippen LogP) is 2.75. The monoisotopic (exact) mass is 236 g/mol. The number of methoxy groups -OCH3 is 2. The van der Waals surface area contributed by atoms with E-state index in [2.05, 4.69) is 10.5 Å². The molecule has 0 amide bonds. The first-order valence-corrected chi connectivity index (χ1v) is 5.43. The molecule has 0 fully saturated rings. The van der Waals surface area contributed by atoms with Crippen LogP contribution in [0.5, 0.6) is 23.1 Å². The first-order valence-electron chi connectivity index (χ1n) is 4.55. The van der Waals surface area contributed by atoms with Gasteiger partial charge in [-0.3, -0.25) is 0 Å². The lowest BCUT2D eigenvalue weighted by Gasteiger charge is -2.09. The van der Waals surface area contributed by atoms with Crippen LogP contribution in [-0.2, 0) is 0 Å². The zero-order valence-electron chi connectivity index (χ0n) is 8.89. The Morgan fingerprint density at radius 1 is 1.19 bits per heavy atom. The first-order chi connectivity index (χ1) is 7.83. The summed E-state index contributed by atoms with van der Waals surface area (Å²) in [4.78, 5) is 3.91. The fraction of sp³-hybridized carbons (Fsp3) is 0.182. The lowest BCUT2D eigenvalue weighted by Crippen LogP contribution is -1.91. The van der Waals surface area contributed by atoms with Crippen molar-refractivity contribution in [1.29, 1.82) is 0 Å². The van der Waals surface area contributed by atoms with E-state index < -0.39 is 0 Å². The summed E-state index contributed by atoms with van der Waals surface area (Å²) in [6.45, 7) is 0. The van der Waals surface area contributed by atoms with Crippen LogP contribution in [0.2, 0.25) is 0 Å². The van der Waals surface area contributed by atoms with Crippen molar-refractivity contribution in [3.63, 3.8) is 0 Å². The molecule has 0 aliphatic rings. The highest BCUT2D eigenvalue weighted by atomic mass is 32.1. The van der Waals surface area contributed by atoms with Gasteiger partial charge in [0, 0.05) is 6.07 Å². The third-order valence-corrected chi connectivity index (χ3v) is 2.46. The van der Waals surface area contributed by atoms with E-state index in [4.69, 9.17) is 14.2 Å². The average molecular weight is 236 g/mol. The minimum atomic E-state index is 0.525. The van der Waals surface area contributed by atoms with Gasteiger partial charge in [-0.1, -0.05) is 0 Å². The Morgan fingerprint density at radius 3 is 2.62 bits per heavy atom. The average Bonchev–Trinajstić information content (AvgIpc) is 2.81. The van der Waals surface area contributed by atoms with Crippen molar-refractivity contribution in [2.45, 2.75) is 0 Å². The molecule has 0 unspecified atom stereocenters. The van der Waals surface area contributed by atoms with Crippen molar-refractivity contribution >= 4 is 11.3 Å². The number of aromatic nitrogens is 1. The number of rotatable bonds is 4. The SMILES string of the molecule is COc1ccc(Oc2cs[c]n2)cc1OC. The molecule has 5 heteroatoms. The molecule has 0 aliphatic carbocycles. The molecule has 1 aromatic heterocycles. The predicted molar refractivity (Wildman–Crippen MR) is 60.6 cm³/mol. The smallest absolute Gasteiger partial charge is 0.230 e. The highest BCUT2D eigenvalue weighted by Gasteiger charge is 2.06. The molecule has 0 spiro atoms. The molecule has 0 aliphatic heterocycles. The van der Waals surface area contributed by atoms with E-state index in [1.165, 1.54) is 11.3 Å². The minimum Gasteiger partial charge on any atom is -0.493 e. The second-order valence-electron chi connectivity index (χ2n) is 2.90. The van der Waals surface area contributed by atoms with Gasteiger partial charge in [0.05, 0.1) is 19.6 Å². The summed E-state index contributed by atoms with van der Waals surface area (Å²) in [5, 5.41) is 1.77. The Balaban J connectivity index is 2.22. The van der Waals surface area contributed by atoms with E-state index in [9.17, 15) is 0 Å². The second kappa shape index (κ2) is 4.85. The maximum Gasteiger partial charge on any atom is 0.230 e. The maximum atomic E-state index is 5.49. The largest absolute Gasteiger partial charge is 0.493 e. The molecule has 1 heterocycles. The van der Waals surface area contributed by atoms with Crippen molar-refractivity contribution in [3.8, 4) is 23.1 Å². The molecule has 2 aromatic rings. The highest BCUT2D eigenvalue weighted by Crippen LogP contribution is 2.32. The maximum absolute atomic E-state index is 5.49. The van der Waals surface area contributed by atoms with Gasteiger partial charge in [-0.2, -0.15) is 4.98 Å². The number of hydrogen-bond acceptors (Lipinski definition) is 5. The van der Waals surface area contributed by atoms with Gasteiger partial charge < -0.3 is 14.2 Å². The van der Waals surface area contributed by atoms with Gasteiger partial charge in [0.25, 0.3) is 0 Å². The van der Waals surface area contributed by atoms with E-state index in [1.54, 1.807) is 37.8 Å². The molecule has 0 atom stereocenters. The van der Waals surface area contributed by atoms with Crippen molar-refractivity contribution in [3.05, 3.63) is 29.1 Å². The molecule has 83 valence electrons. The zero-order valence-corrected chi connectivity index (χ0v) is 9.71. The number of benzene rings is 1. The van der Waals surface area contributed by atoms with E-state index >= 15 is 0 Å². The molecule has 4 nitrogen and oxygen atoms in total. The van der Waals surface area contributed by atoms with Crippen LogP contribution >= 0.6 is 11.3 Å². The summed E-state index contributed by atoms with van der Waals surface area (Å²) >= 11 is 1.36. The molecule has 0 saturated carbocycles. The third kappa shape index (κ3) is 2.25. The van der Waals surface area contributed by atoms with E-state index in [0.717, 1.165) is 0 Å². The van der Waals surface area contributed by atoms with Crippen LogP contribution in [0.25, 0.3) is 0 Å². The van der Waals surface area contributed by atoms with Crippen LogP contribution in [0, 0.1) is 5.51 Å². The number of nitrogens with zero attached hydrogens (tertiary/aromatic N) is 1. The molecule has 16 heavy (non-hydrogen) atoms. The van der Waals surface area contributed by atoms with Gasteiger partial charge in [0.2, 0.25) is 5.88 Å². The van der Waals surface area contributed by atoms with Crippen molar-refractivity contribution in [2.75, 3.05) is 14.2 Å². The van der Waals surface area contributed by atoms with Crippen LogP contribution in [0.15, 0.2) is 23.6 Å². The van der Waals surface area contributed by atoms with Gasteiger partial charge in [0.15, 0.2) is 17.0 Å². The Kier molecular flexibility index (Phi) is 3.26. The normalized spacial score (nSPS) is 9.88. The van der Waals surface area contributed by atoms with Crippen molar-refractivity contribution in [2.24, 2.45) is 0 Å². The molecular formula is C11H10NO3S. The lowest BCUT2D eigenvalue weighted by molar-refractivity contribution is 0.351. The molecule has 0 saturated heterocycles. The van der Waals surface area contributed by atoms with E-state index in [-0.39, 0.29) is 0 Å². The second-order valence-corrected chi connectivity index (χ2v) is 3.55. The number of thiazole rings is 1. The molecule has 0 bridgehead atoms. The summed E-state index contributed by atoms with van der Waals surface area (Å²) in [6, 6.07) is 5.32. The van der Waals surface area contributed by atoms with Crippen LogP contribution in [-0.4, -0.2) is 19.2 Å². The molecule has 2 rings (SSSR count). The zero-order chi connectivity index (χ0) is 11.4. The van der Waals surface area contributed by atoms with E-state index in [0.29, 0.717) is 23.1 Å². The Labute approximate surface area is 97.4 Å². The fourth-order valence-corrected chi connectivity index (χ4v) is 1.62. The van der Waals surface area contributed by atoms with Gasteiger partial charge in [-0.15, -0.1) is 11.3 Å². The van der Waals surface area contributed by atoms with Crippen LogP contribution in [0.4, 0.5) is 0 Å². The summed E-state index contributed by atoms with van der Waals surface area (Å²) in [5.74, 6) is 2.47. The van der Waals surface area contributed by atoms with Gasteiger partial charge in [-0.25, -0.2) is 0 Å². The molecule has 1 aromatic carbocycles. The van der Waals surface area contributed by atoms with Crippen LogP contribution in [0.1, 0.15) is 0 Å². The standard InChI is InChI=1S/C11H10NO3S/c1-13-9-4-3-8(5-10(9)14-2)15-11-6-16-7-12-11/h3-6H,1-2H3. The first kappa shape index (κ1) is 10.8. The summed E-state index contributed by atoms with van der Waals surface area (Å²) in [7, 11) is 3.17. The lowest BCUT2D eigenvalue weighted by atomic mass is 10.3. The summed E-state index contributed by atoms with van der Waals surface area (Å²) in [6.07, 6.45) is 0. The molecule has 1 radical (unpaired) electrons. The molecular weight excluding hydrogens is 226 g/mol. The summed E-state index contributed by atoms with van der Waals surface area (Å²) in [5.41, 5.74) is 2.71. The Morgan fingerprint density at radius 2 is 2.00 bits per heavy atom. The van der Waals surface area contributed by atoms with Crippen molar-refractivity contribution < 1.29 is 14.2 Å². The van der Waals surface area contributed by atoms with Crippen molar-refractivity contribution in [1.82, 2.24) is 4.98 Å². The van der Waals surface area contributed by atoms with Gasteiger partial charge in [-0.05, 0) is 12.1 Å². The van der Waals surface area contributed by atoms with Gasteiger partial charge >= 0.3 is 0 Å². The quantitative estimate of drug-likeness (QED) is 0.818. The topological polar surface area (TPSA) is 40.6 Å². The number of hydrogen-bond donors (Lipinski definition) is 0. The molecule has 0 N–H and O–H groups in total.